The van der Waals surface area contributed by atoms with Gasteiger partial charge in [-0.25, -0.2) is 4.98 Å². The van der Waals surface area contributed by atoms with Crippen LogP contribution in [0.4, 0.5) is 5.13 Å². The number of thioether (sulfide) groups is 1. The Bertz CT molecular complexity index is 1080. The number of thiazole rings is 1. The molecule has 1 aromatic carbocycles. The van der Waals surface area contributed by atoms with Gasteiger partial charge >= 0.3 is 0 Å². The lowest BCUT2D eigenvalue weighted by atomic mass is 10.1. The number of carbonyl (C=O) groups excluding carboxylic acids is 1. The van der Waals surface area contributed by atoms with Gasteiger partial charge < -0.3 is 4.42 Å². The van der Waals surface area contributed by atoms with E-state index in [4.69, 9.17) is 4.42 Å². The number of hydrogen-bond donors (Lipinski definition) is 1. The van der Waals surface area contributed by atoms with Gasteiger partial charge in [-0.15, -0.1) is 21.5 Å². The van der Waals surface area contributed by atoms with E-state index in [1.165, 1.54) is 11.3 Å². The molecule has 4 aromatic rings. The average Bonchev–Trinajstić information content (AvgIpc) is 3.32. The second kappa shape index (κ2) is 7.18. The van der Waals surface area contributed by atoms with Crippen molar-refractivity contribution in [2.45, 2.75) is 23.9 Å². The summed E-state index contributed by atoms with van der Waals surface area (Å²) in [6.07, 6.45) is 0. The Labute approximate surface area is 161 Å². The summed E-state index contributed by atoms with van der Waals surface area (Å²) in [4.78, 5) is 17.2. The first-order valence-corrected chi connectivity index (χ1v) is 10.4. The smallest absolute Gasteiger partial charge is 0.293 e. The second-order valence-corrected chi connectivity index (χ2v) is 8.79. The fourth-order valence-corrected chi connectivity index (χ4v) is 4.92. The molecule has 0 atom stereocenters. The normalized spacial score (nSPS) is 11.2. The van der Waals surface area contributed by atoms with Crippen LogP contribution in [0.1, 0.15) is 26.8 Å². The van der Waals surface area contributed by atoms with Gasteiger partial charge in [0.2, 0.25) is 5.13 Å². The van der Waals surface area contributed by atoms with E-state index < -0.39 is 0 Å². The Morgan fingerprint density at radius 1 is 1.27 bits per heavy atom. The lowest BCUT2D eigenvalue weighted by Crippen LogP contribution is -2.12. The SMILES string of the molecule is Cc1csc(SCc2c(C(=O)Nc3nnc(C)s3)oc3ccccc23)n1. The standard InChI is InChI=1S/C17H14N4O2S3/c1-9-7-24-17(18-9)25-8-12-11-5-3-4-6-13(11)23-14(12)15(22)19-16-21-20-10(2)26-16/h3-7H,8H2,1-2H3,(H,19,21,22). The number of fused-ring (bicyclic) bond motifs is 1. The van der Waals surface area contributed by atoms with Gasteiger partial charge in [0.05, 0.1) is 0 Å². The van der Waals surface area contributed by atoms with E-state index in [0.29, 0.717) is 22.2 Å². The minimum Gasteiger partial charge on any atom is -0.451 e. The number of aryl methyl sites for hydroxylation is 2. The third-order valence-electron chi connectivity index (χ3n) is 3.59. The first kappa shape index (κ1) is 17.2. The molecule has 4 rings (SSSR count). The summed E-state index contributed by atoms with van der Waals surface area (Å²) in [6, 6.07) is 7.66. The molecule has 0 spiro atoms. The molecule has 9 heteroatoms. The molecule has 0 unspecified atom stereocenters. The monoisotopic (exact) mass is 402 g/mol. The zero-order chi connectivity index (χ0) is 18.1. The van der Waals surface area contributed by atoms with E-state index in [-0.39, 0.29) is 5.91 Å². The predicted octanol–water partition coefficient (Wildman–Crippen LogP) is 4.90. The number of anilines is 1. The van der Waals surface area contributed by atoms with Crippen molar-refractivity contribution in [1.29, 1.82) is 0 Å². The fourth-order valence-electron chi connectivity index (χ4n) is 2.46. The van der Waals surface area contributed by atoms with Crippen LogP contribution < -0.4 is 5.32 Å². The lowest BCUT2D eigenvalue weighted by molar-refractivity contribution is 0.0997. The third kappa shape index (κ3) is 3.50. The van der Waals surface area contributed by atoms with E-state index in [1.54, 1.807) is 23.1 Å². The quantitative estimate of drug-likeness (QED) is 0.478. The number of hydrogen-bond acceptors (Lipinski definition) is 8. The first-order chi connectivity index (χ1) is 12.6. The number of amides is 1. The largest absolute Gasteiger partial charge is 0.451 e. The highest BCUT2D eigenvalue weighted by molar-refractivity contribution is 8.00. The van der Waals surface area contributed by atoms with Crippen molar-refractivity contribution in [3.8, 4) is 0 Å². The Morgan fingerprint density at radius 2 is 2.12 bits per heavy atom. The predicted molar refractivity (Wildman–Crippen MR) is 105 cm³/mol. The van der Waals surface area contributed by atoms with E-state index >= 15 is 0 Å². The summed E-state index contributed by atoms with van der Waals surface area (Å²) in [6.45, 7) is 3.81. The van der Waals surface area contributed by atoms with Crippen molar-refractivity contribution >= 4 is 56.4 Å². The van der Waals surface area contributed by atoms with Crippen LogP contribution in [-0.4, -0.2) is 21.1 Å². The Balaban J connectivity index is 1.65. The van der Waals surface area contributed by atoms with Gasteiger partial charge in [-0.1, -0.05) is 41.3 Å². The van der Waals surface area contributed by atoms with Gasteiger partial charge in [0, 0.05) is 27.8 Å². The Kier molecular flexibility index (Phi) is 4.75. The first-order valence-electron chi connectivity index (χ1n) is 7.77. The number of para-hydroxylation sites is 1. The molecular formula is C17H14N4O2S3. The van der Waals surface area contributed by atoms with E-state index in [1.807, 2.05) is 43.5 Å². The van der Waals surface area contributed by atoms with Crippen molar-refractivity contribution < 1.29 is 9.21 Å². The maximum atomic E-state index is 12.7. The number of benzene rings is 1. The molecule has 0 bridgehead atoms. The zero-order valence-electron chi connectivity index (χ0n) is 14.0. The van der Waals surface area contributed by atoms with Crippen molar-refractivity contribution in [2.75, 3.05) is 5.32 Å². The summed E-state index contributed by atoms with van der Waals surface area (Å²) in [7, 11) is 0. The molecule has 1 N–H and O–H groups in total. The second-order valence-electron chi connectivity index (χ2n) is 5.53. The lowest BCUT2D eigenvalue weighted by Gasteiger charge is -2.02. The van der Waals surface area contributed by atoms with Crippen LogP contribution in [0.25, 0.3) is 11.0 Å². The highest BCUT2D eigenvalue weighted by Crippen LogP contribution is 2.33. The van der Waals surface area contributed by atoms with Crippen molar-refractivity contribution in [1.82, 2.24) is 15.2 Å². The van der Waals surface area contributed by atoms with Crippen LogP contribution in [0, 0.1) is 13.8 Å². The Morgan fingerprint density at radius 3 is 2.85 bits per heavy atom. The topological polar surface area (TPSA) is 80.9 Å². The van der Waals surface area contributed by atoms with Gasteiger partial charge in [0.15, 0.2) is 5.76 Å². The zero-order valence-corrected chi connectivity index (χ0v) is 16.4. The van der Waals surface area contributed by atoms with Gasteiger partial charge in [0.1, 0.15) is 14.9 Å². The summed E-state index contributed by atoms with van der Waals surface area (Å²) < 4.78 is 6.82. The van der Waals surface area contributed by atoms with Crippen LogP contribution in [0.15, 0.2) is 38.4 Å². The van der Waals surface area contributed by atoms with E-state index in [2.05, 4.69) is 20.5 Å². The van der Waals surface area contributed by atoms with Crippen LogP contribution in [-0.2, 0) is 5.75 Å². The van der Waals surface area contributed by atoms with E-state index in [9.17, 15) is 4.79 Å². The maximum Gasteiger partial charge on any atom is 0.293 e. The van der Waals surface area contributed by atoms with Crippen LogP contribution in [0.2, 0.25) is 0 Å². The maximum absolute atomic E-state index is 12.7. The van der Waals surface area contributed by atoms with Crippen LogP contribution >= 0.6 is 34.4 Å². The summed E-state index contributed by atoms with van der Waals surface area (Å²) in [5.74, 6) is 0.588. The van der Waals surface area contributed by atoms with Gasteiger partial charge in [-0.2, -0.15) is 0 Å². The summed E-state index contributed by atoms with van der Waals surface area (Å²) in [5, 5.41) is 14.8. The van der Waals surface area contributed by atoms with Gasteiger partial charge in [-0.3, -0.25) is 10.1 Å². The molecule has 26 heavy (non-hydrogen) atoms. The molecule has 3 heterocycles. The number of furan rings is 1. The number of nitrogens with one attached hydrogen (secondary N) is 1. The van der Waals surface area contributed by atoms with E-state index in [0.717, 1.165) is 26.0 Å². The third-order valence-corrected chi connectivity index (χ3v) is 6.51. The molecule has 0 aliphatic carbocycles. The Hall–Kier alpha value is -2.23. The minimum atomic E-state index is -0.316. The summed E-state index contributed by atoms with van der Waals surface area (Å²) in [5.41, 5.74) is 2.55. The number of carbonyl (C=O) groups is 1. The molecule has 1 amide bonds. The molecule has 3 aromatic heterocycles. The molecule has 0 fully saturated rings. The minimum absolute atomic E-state index is 0.305. The number of aromatic nitrogens is 3. The highest BCUT2D eigenvalue weighted by Gasteiger charge is 2.22. The van der Waals surface area contributed by atoms with Gasteiger partial charge in [0.25, 0.3) is 5.91 Å². The molecule has 0 saturated heterocycles. The van der Waals surface area contributed by atoms with Crippen molar-refractivity contribution in [3.05, 3.63) is 51.7 Å². The molecule has 6 nitrogen and oxygen atoms in total. The van der Waals surface area contributed by atoms with Crippen LogP contribution in [0.5, 0.6) is 0 Å². The molecule has 0 saturated carbocycles. The number of rotatable bonds is 5. The highest BCUT2D eigenvalue weighted by atomic mass is 32.2. The molecule has 0 aliphatic heterocycles. The molecule has 0 radical (unpaired) electrons. The van der Waals surface area contributed by atoms with Crippen LogP contribution in [0.3, 0.4) is 0 Å². The van der Waals surface area contributed by atoms with Crippen molar-refractivity contribution in [3.63, 3.8) is 0 Å². The van der Waals surface area contributed by atoms with Crippen molar-refractivity contribution in [2.24, 2.45) is 0 Å². The summed E-state index contributed by atoms with van der Waals surface area (Å²) >= 11 is 4.53. The fraction of sp³-hybridized carbons (Fsp3) is 0.176. The number of nitrogens with zero attached hydrogens (tertiary/aromatic N) is 3. The average molecular weight is 403 g/mol. The molecular weight excluding hydrogens is 388 g/mol. The van der Waals surface area contributed by atoms with Gasteiger partial charge in [-0.05, 0) is 19.9 Å². The molecule has 0 aliphatic rings. The molecule has 132 valence electrons.